The van der Waals surface area contributed by atoms with Crippen LogP contribution in [0, 0.1) is 11.3 Å². The predicted molar refractivity (Wildman–Crippen MR) is 109 cm³/mol. The molecule has 0 aromatic heterocycles. The third-order valence-corrected chi connectivity index (χ3v) is 5.20. The van der Waals surface area contributed by atoms with Crippen LogP contribution in [0.2, 0.25) is 0 Å². The lowest BCUT2D eigenvalue weighted by Gasteiger charge is -2.23. The highest BCUT2D eigenvalue weighted by Crippen LogP contribution is 2.36. The number of carbonyl (C=O) groups is 3. The molecular weight excluding hydrogens is 400 g/mol. The van der Waals surface area contributed by atoms with E-state index in [1.807, 2.05) is 6.07 Å². The predicted octanol–water partition coefficient (Wildman–Crippen LogP) is 2.13. The van der Waals surface area contributed by atoms with E-state index in [9.17, 15) is 14.4 Å². The van der Waals surface area contributed by atoms with Gasteiger partial charge < -0.3 is 20.1 Å². The second-order valence-corrected chi connectivity index (χ2v) is 7.40. The summed E-state index contributed by atoms with van der Waals surface area (Å²) in [6.07, 6.45) is 0.749. The quantitative estimate of drug-likeness (QED) is 0.731. The van der Waals surface area contributed by atoms with Crippen LogP contribution in [0.3, 0.4) is 0 Å². The first-order valence-electron chi connectivity index (χ1n) is 9.75. The maximum atomic E-state index is 13.1. The van der Waals surface area contributed by atoms with Crippen LogP contribution in [-0.4, -0.2) is 42.5 Å². The third kappa shape index (κ3) is 3.88. The zero-order chi connectivity index (χ0) is 22.0. The highest BCUT2D eigenvalue weighted by atomic mass is 16.5. The molecule has 0 spiro atoms. The summed E-state index contributed by atoms with van der Waals surface area (Å²) in [7, 11) is 0. The van der Waals surface area contributed by atoms with Crippen molar-refractivity contribution >= 4 is 23.5 Å². The average Bonchev–Trinajstić information content (AvgIpc) is 2.93. The molecule has 4 amide bonds. The molecular formula is C22H20N4O5. The molecule has 31 heavy (non-hydrogen) atoms. The van der Waals surface area contributed by atoms with Crippen molar-refractivity contribution in [2.75, 3.05) is 25.1 Å². The summed E-state index contributed by atoms with van der Waals surface area (Å²) in [6, 6.07) is 12.7. The molecule has 1 atom stereocenters. The first-order chi connectivity index (χ1) is 14.9. The van der Waals surface area contributed by atoms with Gasteiger partial charge in [0.1, 0.15) is 12.1 Å². The van der Waals surface area contributed by atoms with Crippen molar-refractivity contribution in [3.63, 3.8) is 0 Å². The number of nitrogens with zero attached hydrogens (tertiary/aromatic N) is 2. The third-order valence-electron chi connectivity index (χ3n) is 5.20. The van der Waals surface area contributed by atoms with Gasteiger partial charge in [0.05, 0.1) is 24.8 Å². The minimum absolute atomic E-state index is 0.440. The first-order valence-corrected chi connectivity index (χ1v) is 9.75. The van der Waals surface area contributed by atoms with Gasteiger partial charge in [-0.1, -0.05) is 6.07 Å². The number of hydrogen-bond donors (Lipinski definition) is 2. The summed E-state index contributed by atoms with van der Waals surface area (Å²) in [5.74, 6) is 0.0219. The Balaban J connectivity index is 1.49. The van der Waals surface area contributed by atoms with E-state index in [-0.39, 0.29) is 0 Å². The summed E-state index contributed by atoms with van der Waals surface area (Å²) < 4.78 is 11.3. The van der Waals surface area contributed by atoms with Crippen molar-refractivity contribution in [3.8, 4) is 17.6 Å². The van der Waals surface area contributed by atoms with Gasteiger partial charge in [-0.15, -0.1) is 0 Å². The Labute approximate surface area is 178 Å². The molecule has 9 heteroatoms. The second-order valence-electron chi connectivity index (χ2n) is 7.40. The van der Waals surface area contributed by atoms with Crippen LogP contribution in [-0.2, 0) is 15.1 Å². The number of imide groups is 1. The second kappa shape index (κ2) is 7.99. The molecule has 2 aromatic rings. The SMILES string of the molecule is C[C@@]1(c2ccc3c(c2)OCCCO3)NC(=O)N(CC(=O)Nc2ccc(C#N)cc2)C1=O. The van der Waals surface area contributed by atoms with Crippen LogP contribution in [0.1, 0.15) is 24.5 Å². The summed E-state index contributed by atoms with van der Waals surface area (Å²) in [4.78, 5) is 38.9. The summed E-state index contributed by atoms with van der Waals surface area (Å²) in [5, 5.41) is 14.1. The van der Waals surface area contributed by atoms with Gasteiger partial charge in [-0.2, -0.15) is 5.26 Å². The fourth-order valence-electron chi connectivity index (χ4n) is 3.48. The van der Waals surface area contributed by atoms with Gasteiger partial charge in [0.25, 0.3) is 5.91 Å². The van der Waals surface area contributed by atoms with Crippen LogP contribution in [0.4, 0.5) is 10.5 Å². The van der Waals surface area contributed by atoms with Gasteiger partial charge in [0.2, 0.25) is 5.91 Å². The van der Waals surface area contributed by atoms with E-state index in [2.05, 4.69) is 10.6 Å². The molecule has 2 N–H and O–H groups in total. The fraction of sp³-hybridized carbons (Fsp3) is 0.273. The Morgan fingerprint density at radius 2 is 1.87 bits per heavy atom. The number of urea groups is 1. The van der Waals surface area contributed by atoms with E-state index in [0.29, 0.717) is 41.5 Å². The van der Waals surface area contributed by atoms with E-state index < -0.39 is 29.9 Å². The molecule has 1 fully saturated rings. The van der Waals surface area contributed by atoms with Crippen LogP contribution in [0.15, 0.2) is 42.5 Å². The monoisotopic (exact) mass is 420 g/mol. The largest absolute Gasteiger partial charge is 0.490 e. The van der Waals surface area contributed by atoms with Gasteiger partial charge in [-0.3, -0.25) is 14.5 Å². The molecule has 9 nitrogen and oxygen atoms in total. The number of ether oxygens (including phenoxy) is 2. The number of carbonyl (C=O) groups excluding carboxylic acids is 3. The van der Waals surface area contributed by atoms with Crippen molar-refractivity contribution < 1.29 is 23.9 Å². The van der Waals surface area contributed by atoms with E-state index in [4.69, 9.17) is 14.7 Å². The topological polar surface area (TPSA) is 121 Å². The number of benzene rings is 2. The molecule has 158 valence electrons. The van der Waals surface area contributed by atoms with Gasteiger partial charge in [0, 0.05) is 12.1 Å². The number of nitrogens with one attached hydrogen (secondary N) is 2. The summed E-state index contributed by atoms with van der Waals surface area (Å²) in [6.45, 7) is 2.19. The van der Waals surface area contributed by atoms with Crippen LogP contribution in [0.5, 0.6) is 11.5 Å². The zero-order valence-electron chi connectivity index (χ0n) is 16.8. The Morgan fingerprint density at radius 1 is 1.16 bits per heavy atom. The number of amides is 4. The number of fused-ring (bicyclic) bond motifs is 1. The zero-order valence-corrected chi connectivity index (χ0v) is 16.8. The summed E-state index contributed by atoms with van der Waals surface area (Å²) in [5.41, 5.74) is 0.112. The van der Waals surface area contributed by atoms with Crippen molar-refractivity contribution in [2.24, 2.45) is 0 Å². The average molecular weight is 420 g/mol. The van der Waals surface area contributed by atoms with Crippen molar-refractivity contribution in [1.29, 1.82) is 5.26 Å². The molecule has 2 aliphatic rings. The van der Waals surface area contributed by atoms with Gasteiger partial charge in [-0.25, -0.2) is 4.79 Å². The molecule has 4 rings (SSSR count). The van der Waals surface area contributed by atoms with E-state index in [1.165, 1.54) is 0 Å². The molecule has 0 unspecified atom stereocenters. The fourth-order valence-corrected chi connectivity index (χ4v) is 3.48. The first kappa shape index (κ1) is 20.2. The van der Waals surface area contributed by atoms with Crippen LogP contribution >= 0.6 is 0 Å². The molecule has 2 heterocycles. The lowest BCUT2D eigenvalue weighted by atomic mass is 9.91. The van der Waals surface area contributed by atoms with Gasteiger partial charge >= 0.3 is 6.03 Å². The standard InChI is InChI=1S/C22H20N4O5/c1-22(15-5-8-17-18(11-15)31-10-2-9-30-17)20(28)26(21(29)25-22)13-19(27)24-16-6-3-14(12-23)4-7-16/h3-8,11H,2,9-10,13H2,1H3,(H,24,27)(H,25,29)/t22-/m0/s1. The Bertz CT molecular complexity index is 1090. The lowest BCUT2D eigenvalue weighted by molar-refractivity contribution is -0.133. The van der Waals surface area contributed by atoms with Gasteiger partial charge in [-0.05, 0) is 48.9 Å². The minimum Gasteiger partial charge on any atom is -0.490 e. The van der Waals surface area contributed by atoms with E-state index in [0.717, 1.165) is 11.3 Å². The Kier molecular flexibility index (Phi) is 5.21. The van der Waals surface area contributed by atoms with Gasteiger partial charge in [0.15, 0.2) is 11.5 Å². The number of nitriles is 1. The Morgan fingerprint density at radius 3 is 2.58 bits per heavy atom. The molecule has 1 saturated heterocycles. The number of hydrogen-bond acceptors (Lipinski definition) is 6. The normalized spacial score (nSPS) is 19.9. The molecule has 0 bridgehead atoms. The van der Waals surface area contributed by atoms with Crippen molar-refractivity contribution in [3.05, 3.63) is 53.6 Å². The minimum atomic E-state index is -1.34. The molecule has 0 aliphatic carbocycles. The highest BCUT2D eigenvalue weighted by molar-refractivity contribution is 6.10. The molecule has 2 aromatic carbocycles. The van der Waals surface area contributed by atoms with Crippen LogP contribution < -0.4 is 20.1 Å². The lowest BCUT2D eigenvalue weighted by Crippen LogP contribution is -2.42. The maximum absolute atomic E-state index is 13.1. The van der Waals surface area contributed by atoms with E-state index >= 15 is 0 Å². The van der Waals surface area contributed by atoms with Crippen molar-refractivity contribution in [1.82, 2.24) is 10.2 Å². The highest BCUT2D eigenvalue weighted by Gasteiger charge is 2.49. The van der Waals surface area contributed by atoms with Crippen LogP contribution in [0.25, 0.3) is 0 Å². The maximum Gasteiger partial charge on any atom is 0.325 e. The van der Waals surface area contributed by atoms with Crippen molar-refractivity contribution in [2.45, 2.75) is 18.9 Å². The Hall–Kier alpha value is -4.06. The molecule has 2 aliphatic heterocycles. The number of rotatable bonds is 4. The van der Waals surface area contributed by atoms with E-state index in [1.54, 1.807) is 49.4 Å². The molecule has 0 saturated carbocycles. The number of anilines is 1. The summed E-state index contributed by atoms with van der Waals surface area (Å²) >= 11 is 0. The smallest absolute Gasteiger partial charge is 0.325 e. The molecule has 0 radical (unpaired) electrons.